The number of rotatable bonds is 5. The molecule has 3 atom stereocenters. The summed E-state index contributed by atoms with van der Waals surface area (Å²) in [4.78, 5) is 7.50. The summed E-state index contributed by atoms with van der Waals surface area (Å²) in [5, 5.41) is 17.7. The summed E-state index contributed by atoms with van der Waals surface area (Å²) in [6.45, 7) is 2.82. The van der Waals surface area contributed by atoms with Crippen LogP contribution in [0.5, 0.6) is 0 Å². The van der Waals surface area contributed by atoms with Gasteiger partial charge in [-0.25, -0.2) is 13.4 Å². The first-order chi connectivity index (χ1) is 14.0. The molecule has 3 aromatic heterocycles. The SMILES string of the molecule is CC[C@@H]1C[C@H](CS(=O)(=O)N2CC(C#N)C2)CC1c1nnc2cnc3[nH]ccc3n12. The Morgan fingerprint density at radius 1 is 1.31 bits per heavy atom. The van der Waals surface area contributed by atoms with Gasteiger partial charge in [-0.1, -0.05) is 13.3 Å². The standard InChI is InChI=1S/C19H23N7O2S/c1-2-14-5-12(11-29(27,28)25-9-13(7-20)10-25)6-15(14)19-24-23-17-8-22-18-16(26(17)19)3-4-21-18/h3-4,8,12-15,21H,2,5-6,9-11H2,1H3/t12-,14+,15?/m0/s1. The summed E-state index contributed by atoms with van der Waals surface area (Å²) in [5.41, 5.74) is 2.44. The van der Waals surface area contributed by atoms with Crippen LogP contribution in [-0.4, -0.2) is 56.1 Å². The normalized spacial score (nSPS) is 26.1. The summed E-state index contributed by atoms with van der Waals surface area (Å²) >= 11 is 0. The van der Waals surface area contributed by atoms with E-state index in [1.165, 1.54) is 4.31 Å². The average molecular weight is 414 g/mol. The topological polar surface area (TPSA) is 120 Å². The fraction of sp³-hybridized carbons (Fsp3) is 0.579. The summed E-state index contributed by atoms with van der Waals surface area (Å²) in [7, 11) is -3.32. The van der Waals surface area contributed by atoms with Crippen LogP contribution in [0.25, 0.3) is 16.8 Å². The minimum absolute atomic E-state index is 0.0898. The van der Waals surface area contributed by atoms with Crippen LogP contribution in [-0.2, 0) is 10.0 Å². The molecule has 2 fully saturated rings. The minimum atomic E-state index is -3.32. The molecular formula is C19H23N7O2S. The first-order valence-electron chi connectivity index (χ1n) is 10.0. The highest BCUT2D eigenvalue weighted by atomic mass is 32.2. The molecule has 1 saturated carbocycles. The van der Waals surface area contributed by atoms with Gasteiger partial charge in [-0.15, -0.1) is 10.2 Å². The molecule has 0 spiro atoms. The third-order valence-electron chi connectivity index (χ3n) is 6.49. The lowest BCUT2D eigenvalue weighted by atomic mass is 9.93. The Labute approximate surface area is 168 Å². The Balaban J connectivity index is 1.41. The number of fused-ring (bicyclic) bond motifs is 3. The van der Waals surface area contributed by atoms with E-state index in [0.717, 1.165) is 36.3 Å². The minimum Gasteiger partial charge on any atom is -0.345 e. The van der Waals surface area contributed by atoms with E-state index in [0.29, 0.717) is 24.7 Å². The molecule has 10 heteroatoms. The molecule has 29 heavy (non-hydrogen) atoms. The molecule has 0 radical (unpaired) electrons. The van der Waals surface area contributed by atoms with Crippen molar-refractivity contribution in [3.8, 4) is 6.07 Å². The molecule has 0 bridgehead atoms. The lowest BCUT2D eigenvalue weighted by molar-refractivity contribution is 0.247. The molecule has 1 unspecified atom stereocenters. The summed E-state index contributed by atoms with van der Waals surface area (Å²) in [6, 6.07) is 4.10. The molecule has 2 aliphatic rings. The first-order valence-corrected chi connectivity index (χ1v) is 11.7. The van der Waals surface area contributed by atoms with E-state index in [4.69, 9.17) is 5.26 Å². The van der Waals surface area contributed by atoms with E-state index in [9.17, 15) is 8.42 Å². The third-order valence-corrected chi connectivity index (χ3v) is 8.46. The van der Waals surface area contributed by atoms with Crippen LogP contribution < -0.4 is 0 Å². The van der Waals surface area contributed by atoms with E-state index in [1.807, 2.05) is 12.3 Å². The molecule has 152 valence electrons. The molecule has 5 rings (SSSR count). The average Bonchev–Trinajstić information content (AvgIpc) is 3.36. The molecule has 1 aliphatic heterocycles. The number of aromatic amines is 1. The van der Waals surface area contributed by atoms with Gasteiger partial charge in [-0.2, -0.15) is 9.57 Å². The van der Waals surface area contributed by atoms with Gasteiger partial charge in [0, 0.05) is 25.2 Å². The van der Waals surface area contributed by atoms with E-state index in [1.54, 1.807) is 6.20 Å². The Morgan fingerprint density at radius 2 is 2.14 bits per heavy atom. The monoisotopic (exact) mass is 413 g/mol. The van der Waals surface area contributed by atoms with Crippen molar-refractivity contribution in [3.05, 3.63) is 24.3 Å². The molecule has 3 aromatic rings. The van der Waals surface area contributed by atoms with Crippen LogP contribution in [0.3, 0.4) is 0 Å². The lowest BCUT2D eigenvalue weighted by Gasteiger charge is -2.34. The van der Waals surface area contributed by atoms with Crippen LogP contribution in [0.15, 0.2) is 18.5 Å². The number of nitrogens with one attached hydrogen (secondary N) is 1. The lowest BCUT2D eigenvalue weighted by Crippen LogP contribution is -2.50. The zero-order valence-corrected chi connectivity index (χ0v) is 17.0. The quantitative estimate of drug-likeness (QED) is 0.682. The van der Waals surface area contributed by atoms with Crippen molar-refractivity contribution in [2.45, 2.75) is 32.1 Å². The van der Waals surface area contributed by atoms with E-state index in [2.05, 4.69) is 37.6 Å². The van der Waals surface area contributed by atoms with E-state index in [-0.39, 0.29) is 23.5 Å². The molecule has 1 aliphatic carbocycles. The van der Waals surface area contributed by atoms with Gasteiger partial charge in [-0.3, -0.25) is 4.40 Å². The number of sulfonamides is 1. The van der Waals surface area contributed by atoms with Gasteiger partial charge in [0.15, 0.2) is 11.3 Å². The van der Waals surface area contributed by atoms with Crippen molar-refractivity contribution >= 4 is 26.8 Å². The molecule has 9 nitrogen and oxygen atoms in total. The van der Waals surface area contributed by atoms with Crippen molar-refractivity contribution < 1.29 is 8.42 Å². The molecule has 0 aromatic carbocycles. The Bertz CT molecular complexity index is 1200. The maximum Gasteiger partial charge on any atom is 0.214 e. The zero-order valence-electron chi connectivity index (χ0n) is 16.2. The van der Waals surface area contributed by atoms with Crippen molar-refractivity contribution in [2.75, 3.05) is 18.8 Å². The van der Waals surface area contributed by atoms with Gasteiger partial charge in [0.2, 0.25) is 10.0 Å². The zero-order chi connectivity index (χ0) is 20.2. The predicted molar refractivity (Wildman–Crippen MR) is 106 cm³/mol. The second kappa shape index (κ2) is 6.78. The number of aromatic nitrogens is 5. The Morgan fingerprint density at radius 3 is 2.90 bits per heavy atom. The van der Waals surface area contributed by atoms with Crippen LogP contribution in [0, 0.1) is 29.1 Å². The van der Waals surface area contributed by atoms with Gasteiger partial charge in [0.05, 0.1) is 29.5 Å². The van der Waals surface area contributed by atoms with Crippen molar-refractivity contribution in [3.63, 3.8) is 0 Å². The highest BCUT2D eigenvalue weighted by Gasteiger charge is 2.42. The molecule has 4 heterocycles. The summed E-state index contributed by atoms with van der Waals surface area (Å²) < 4.78 is 29.0. The molecule has 1 N–H and O–H groups in total. The van der Waals surface area contributed by atoms with Gasteiger partial charge in [0.25, 0.3) is 0 Å². The van der Waals surface area contributed by atoms with Crippen molar-refractivity contribution in [1.29, 1.82) is 5.26 Å². The van der Waals surface area contributed by atoms with Gasteiger partial charge < -0.3 is 4.98 Å². The summed E-state index contributed by atoms with van der Waals surface area (Å²) in [5.74, 6) is 1.51. The fourth-order valence-electron chi connectivity index (χ4n) is 4.93. The maximum atomic E-state index is 12.7. The first kappa shape index (κ1) is 18.5. The molecular weight excluding hydrogens is 390 g/mol. The predicted octanol–water partition coefficient (Wildman–Crippen LogP) is 1.91. The van der Waals surface area contributed by atoms with Gasteiger partial charge in [-0.05, 0) is 30.7 Å². The largest absolute Gasteiger partial charge is 0.345 e. The number of hydrogen-bond donors (Lipinski definition) is 1. The van der Waals surface area contributed by atoms with Crippen molar-refractivity contribution in [2.24, 2.45) is 17.8 Å². The summed E-state index contributed by atoms with van der Waals surface area (Å²) in [6.07, 6.45) is 6.18. The van der Waals surface area contributed by atoms with Gasteiger partial charge in [0.1, 0.15) is 5.82 Å². The molecule has 1 saturated heterocycles. The second-order valence-electron chi connectivity index (χ2n) is 8.26. The van der Waals surface area contributed by atoms with Gasteiger partial charge >= 0.3 is 0 Å². The number of nitrogens with zero attached hydrogens (tertiary/aromatic N) is 6. The highest BCUT2D eigenvalue weighted by molar-refractivity contribution is 7.89. The van der Waals surface area contributed by atoms with E-state index < -0.39 is 10.0 Å². The molecule has 0 amide bonds. The number of nitriles is 1. The van der Waals surface area contributed by atoms with Crippen LogP contribution in [0.2, 0.25) is 0 Å². The van der Waals surface area contributed by atoms with Crippen LogP contribution in [0.1, 0.15) is 37.9 Å². The smallest absolute Gasteiger partial charge is 0.214 e. The number of hydrogen-bond acceptors (Lipinski definition) is 6. The maximum absolute atomic E-state index is 12.7. The van der Waals surface area contributed by atoms with Crippen LogP contribution in [0.4, 0.5) is 0 Å². The van der Waals surface area contributed by atoms with E-state index >= 15 is 0 Å². The Hall–Kier alpha value is -2.51. The van der Waals surface area contributed by atoms with Crippen LogP contribution >= 0.6 is 0 Å². The number of H-pyrrole nitrogens is 1. The Kier molecular flexibility index (Phi) is 4.33. The second-order valence-corrected chi connectivity index (χ2v) is 10.3. The van der Waals surface area contributed by atoms with Crippen molar-refractivity contribution in [1.82, 2.24) is 28.9 Å². The third kappa shape index (κ3) is 3.00. The fourth-order valence-corrected chi connectivity index (χ4v) is 6.82. The highest BCUT2D eigenvalue weighted by Crippen LogP contribution is 2.45.